The summed E-state index contributed by atoms with van der Waals surface area (Å²) in [7, 11) is 0. The van der Waals surface area contributed by atoms with Crippen molar-refractivity contribution in [1.82, 2.24) is 0 Å². The topological polar surface area (TPSA) is 0 Å². The molecule has 0 nitrogen and oxygen atoms in total. The lowest BCUT2D eigenvalue weighted by Crippen LogP contribution is -1.74. The zero-order valence-electron chi connectivity index (χ0n) is 7.60. The van der Waals surface area contributed by atoms with Gasteiger partial charge in [-0.15, -0.1) is 0 Å². The average molecular weight is 197 g/mol. The lowest BCUT2D eigenvalue weighted by Gasteiger charge is -1.98. The van der Waals surface area contributed by atoms with Crippen molar-refractivity contribution in [1.29, 1.82) is 0 Å². The summed E-state index contributed by atoms with van der Waals surface area (Å²) in [5, 5.41) is 9.69. The predicted octanol–water partition coefficient (Wildman–Crippen LogP) is 4.34. The molecule has 0 atom stereocenters. The van der Waals surface area contributed by atoms with Crippen LogP contribution in [0.25, 0.3) is 21.5 Å². The molecule has 0 unspecified atom stereocenters. The minimum atomic E-state index is 1.32. The maximum absolute atomic E-state index is 2.22. The van der Waals surface area contributed by atoms with Gasteiger partial charge in [0.05, 0.1) is 0 Å². The van der Waals surface area contributed by atoms with Crippen LogP contribution in [0.3, 0.4) is 0 Å². The van der Waals surface area contributed by atoms with Gasteiger partial charge in [-0.2, -0.15) is 0 Å². The van der Waals surface area contributed by atoms with Crippen LogP contribution in [0.4, 0.5) is 0 Å². The van der Waals surface area contributed by atoms with Crippen molar-refractivity contribution >= 4 is 32.9 Å². The van der Waals surface area contributed by atoms with Gasteiger partial charge in [0, 0.05) is 11.5 Å². The van der Waals surface area contributed by atoms with Gasteiger partial charge in [0.15, 0.2) is 5.38 Å². The van der Waals surface area contributed by atoms with E-state index in [9.17, 15) is 0 Å². The van der Waals surface area contributed by atoms with E-state index in [-0.39, 0.29) is 0 Å². The highest BCUT2D eigenvalue weighted by Crippen LogP contribution is 2.25. The van der Waals surface area contributed by atoms with Crippen LogP contribution in [0.1, 0.15) is 0 Å². The third-order valence-electron chi connectivity index (χ3n) is 2.52. The van der Waals surface area contributed by atoms with Gasteiger partial charge in [0.2, 0.25) is 16.7 Å². The van der Waals surface area contributed by atoms with E-state index in [1.165, 1.54) is 21.5 Å². The minimum absolute atomic E-state index is 1.32. The Morgan fingerprint density at radius 3 is 2.43 bits per heavy atom. The lowest BCUT2D eigenvalue weighted by atomic mass is 10.1. The highest BCUT2D eigenvalue weighted by molar-refractivity contribution is 7.08. The van der Waals surface area contributed by atoms with E-state index >= 15 is 0 Å². The van der Waals surface area contributed by atoms with Gasteiger partial charge in [-0.05, 0) is 16.2 Å². The second-order valence-electron chi connectivity index (χ2n) is 3.35. The molecule has 0 aliphatic rings. The Morgan fingerprint density at radius 1 is 0.714 bits per heavy atom. The molecule has 0 amide bonds. The summed E-state index contributed by atoms with van der Waals surface area (Å²) in [4.78, 5) is 0. The second kappa shape index (κ2) is 3.03. The van der Waals surface area contributed by atoms with Gasteiger partial charge >= 0.3 is 0 Å². The van der Waals surface area contributed by atoms with Crippen molar-refractivity contribution in [2.45, 2.75) is 0 Å². The van der Waals surface area contributed by atoms with Crippen LogP contribution in [-0.4, -0.2) is 0 Å². The van der Waals surface area contributed by atoms with Gasteiger partial charge < -0.3 is 0 Å². The molecular formula is C13H9S+. The molecule has 1 aromatic heterocycles. The lowest BCUT2D eigenvalue weighted by molar-refractivity contribution is 1.80. The molecule has 3 aromatic rings. The smallest absolute Gasteiger partial charge is 0.0616 e. The fourth-order valence-corrected chi connectivity index (χ4v) is 2.51. The molecule has 0 spiro atoms. The van der Waals surface area contributed by atoms with Gasteiger partial charge in [-0.25, -0.2) is 0 Å². The van der Waals surface area contributed by atoms with E-state index in [1.54, 1.807) is 11.3 Å². The van der Waals surface area contributed by atoms with Gasteiger partial charge in [0.1, 0.15) is 0 Å². The van der Waals surface area contributed by atoms with Gasteiger partial charge in [-0.3, -0.25) is 0 Å². The van der Waals surface area contributed by atoms with Gasteiger partial charge in [0.25, 0.3) is 0 Å². The van der Waals surface area contributed by atoms with E-state index in [0.29, 0.717) is 0 Å². The molecule has 0 fully saturated rings. The van der Waals surface area contributed by atoms with Crippen molar-refractivity contribution in [3.63, 3.8) is 0 Å². The molecule has 0 saturated carbocycles. The number of hydrogen-bond acceptors (Lipinski definition) is 0. The predicted molar refractivity (Wildman–Crippen MR) is 63.7 cm³/mol. The number of rotatable bonds is 0. The Morgan fingerprint density at radius 2 is 1.50 bits per heavy atom. The Labute approximate surface area is 86.4 Å². The molecule has 66 valence electrons. The van der Waals surface area contributed by atoms with Crippen molar-refractivity contribution in [3.05, 3.63) is 53.2 Å². The number of hydrogen-bond donors (Lipinski definition) is 0. The number of fused-ring (bicyclic) bond motifs is 3. The maximum Gasteiger partial charge on any atom is 0.212 e. The molecule has 1 heterocycles. The van der Waals surface area contributed by atoms with Gasteiger partial charge in [-0.1, -0.05) is 36.4 Å². The first-order chi connectivity index (χ1) is 6.95. The summed E-state index contributed by atoms with van der Waals surface area (Å²) in [6, 6.07) is 15.1. The van der Waals surface area contributed by atoms with Crippen LogP contribution < -0.4 is 0 Å². The van der Waals surface area contributed by atoms with E-state index in [4.69, 9.17) is 0 Å². The first-order valence-corrected chi connectivity index (χ1v) is 5.56. The zero-order valence-corrected chi connectivity index (χ0v) is 8.42. The summed E-state index contributed by atoms with van der Waals surface area (Å²) in [6.45, 7) is 0. The highest BCUT2D eigenvalue weighted by atomic mass is 32.1. The highest BCUT2D eigenvalue weighted by Gasteiger charge is 2.02. The van der Waals surface area contributed by atoms with Crippen LogP contribution in [0.15, 0.2) is 53.2 Å². The van der Waals surface area contributed by atoms with Crippen LogP contribution in [0, 0.1) is 0 Å². The monoisotopic (exact) mass is 197 g/mol. The summed E-state index contributed by atoms with van der Waals surface area (Å²) in [6.07, 6.45) is 0. The van der Waals surface area contributed by atoms with Crippen LogP contribution in [-0.2, 0) is 0 Å². The maximum atomic E-state index is 2.22. The summed E-state index contributed by atoms with van der Waals surface area (Å²) in [5.74, 6) is 0. The molecule has 0 saturated heterocycles. The third kappa shape index (κ3) is 1.10. The van der Waals surface area contributed by atoms with Crippen molar-refractivity contribution in [2.24, 2.45) is 0 Å². The quantitative estimate of drug-likeness (QED) is 0.371. The fourth-order valence-electron chi connectivity index (χ4n) is 1.81. The summed E-state index contributed by atoms with van der Waals surface area (Å²) < 4.78 is 0. The second-order valence-corrected chi connectivity index (χ2v) is 4.13. The molecule has 14 heavy (non-hydrogen) atoms. The first kappa shape index (κ1) is 7.89. The molecule has 1 heteroatoms. The fraction of sp³-hybridized carbons (Fsp3) is 0. The Hall–Kier alpha value is -1.47. The van der Waals surface area contributed by atoms with E-state index in [2.05, 4.69) is 53.2 Å². The summed E-state index contributed by atoms with van der Waals surface area (Å²) in [5.41, 5.74) is 0. The minimum Gasteiger partial charge on any atom is -0.0616 e. The first-order valence-electron chi connectivity index (χ1n) is 4.62. The molecular weight excluding hydrogens is 188 g/mol. The normalized spacial score (nSPS) is 10.9. The van der Waals surface area contributed by atoms with E-state index in [1.807, 2.05) is 0 Å². The Bertz CT molecular complexity index is 544. The molecule has 2 aromatic carbocycles. The molecule has 0 radical (unpaired) electrons. The van der Waals surface area contributed by atoms with E-state index < -0.39 is 0 Å². The molecule has 0 bridgehead atoms. The molecule has 0 aliphatic carbocycles. The van der Waals surface area contributed by atoms with Crippen LogP contribution in [0.5, 0.6) is 0 Å². The van der Waals surface area contributed by atoms with Crippen molar-refractivity contribution in [2.75, 3.05) is 0 Å². The van der Waals surface area contributed by atoms with E-state index in [0.717, 1.165) is 0 Å². The van der Waals surface area contributed by atoms with Crippen molar-refractivity contribution < 1.29 is 0 Å². The average Bonchev–Trinajstić information content (AvgIpc) is 2.29. The number of benzene rings is 2. The Kier molecular flexibility index (Phi) is 1.71. The SMILES string of the molecule is c1ccc2c(c1)ccc1cc[s+]cc12. The van der Waals surface area contributed by atoms with Crippen LogP contribution in [0.2, 0.25) is 0 Å². The standard InChI is InChI=1S/C13H9S/c1-2-4-12-10(3-1)5-6-11-7-8-14-9-13(11)12/h1-9H/q+1. The Balaban J connectivity index is 2.61. The summed E-state index contributed by atoms with van der Waals surface area (Å²) >= 11 is 1.75. The molecule has 0 aliphatic heterocycles. The largest absolute Gasteiger partial charge is 0.212 e. The van der Waals surface area contributed by atoms with Crippen LogP contribution >= 0.6 is 11.3 Å². The van der Waals surface area contributed by atoms with Crippen molar-refractivity contribution in [3.8, 4) is 0 Å². The molecule has 3 rings (SSSR count). The molecule has 0 N–H and O–H groups in total. The third-order valence-corrected chi connectivity index (χ3v) is 3.18. The zero-order chi connectivity index (χ0) is 9.38.